The van der Waals surface area contributed by atoms with Crippen LogP contribution >= 0.6 is 0 Å². The van der Waals surface area contributed by atoms with E-state index >= 15 is 0 Å². The van der Waals surface area contributed by atoms with Gasteiger partial charge in [0.05, 0.1) is 20.3 Å². The minimum atomic E-state index is -1.18. The van der Waals surface area contributed by atoms with Gasteiger partial charge in [0.15, 0.2) is 5.41 Å². The van der Waals surface area contributed by atoms with Crippen LogP contribution in [0.2, 0.25) is 0 Å². The Balaban J connectivity index is 2.28. The van der Waals surface area contributed by atoms with Crippen LogP contribution in [0.1, 0.15) is 6.92 Å². The van der Waals surface area contributed by atoms with E-state index in [2.05, 4.69) is 0 Å². The third-order valence-electron chi connectivity index (χ3n) is 3.31. The average Bonchev–Trinajstić information content (AvgIpc) is 2.39. The van der Waals surface area contributed by atoms with Gasteiger partial charge in [0.2, 0.25) is 5.91 Å². The lowest BCUT2D eigenvalue weighted by Gasteiger charge is -2.40. The van der Waals surface area contributed by atoms with E-state index in [1.165, 1.54) is 7.11 Å². The number of carbonyl (C=O) groups is 2. The third kappa shape index (κ3) is 2.21. The SMILES string of the molecule is CCN(C(=O)C1(C(=O)OC)COC1)c1ccccc1. The Labute approximate surface area is 112 Å². The number of para-hydroxylation sites is 1. The van der Waals surface area contributed by atoms with Crippen molar-refractivity contribution >= 4 is 17.6 Å². The van der Waals surface area contributed by atoms with Crippen LogP contribution in [0.4, 0.5) is 5.69 Å². The Bertz CT molecular complexity index is 468. The van der Waals surface area contributed by atoms with Crippen molar-refractivity contribution in [2.45, 2.75) is 6.92 Å². The highest BCUT2D eigenvalue weighted by atomic mass is 16.5. The Morgan fingerprint density at radius 1 is 1.32 bits per heavy atom. The number of hydrogen-bond donors (Lipinski definition) is 0. The summed E-state index contributed by atoms with van der Waals surface area (Å²) in [6.45, 7) is 2.53. The summed E-state index contributed by atoms with van der Waals surface area (Å²) >= 11 is 0. The molecule has 19 heavy (non-hydrogen) atoms. The van der Waals surface area contributed by atoms with Gasteiger partial charge in [-0.3, -0.25) is 9.59 Å². The van der Waals surface area contributed by atoms with Crippen LogP contribution in [0, 0.1) is 5.41 Å². The highest BCUT2D eigenvalue weighted by Crippen LogP contribution is 2.33. The highest BCUT2D eigenvalue weighted by Gasteiger charge is 2.55. The van der Waals surface area contributed by atoms with Crippen LogP contribution in [-0.2, 0) is 19.1 Å². The summed E-state index contributed by atoms with van der Waals surface area (Å²) in [6.07, 6.45) is 0. The smallest absolute Gasteiger partial charge is 0.326 e. The van der Waals surface area contributed by atoms with Crippen LogP contribution in [0.15, 0.2) is 30.3 Å². The van der Waals surface area contributed by atoms with Gasteiger partial charge in [0, 0.05) is 12.2 Å². The summed E-state index contributed by atoms with van der Waals surface area (Å²) in [7, 11) is 1.29. The molecule has 0 unspecified atom stereocenters. The lowest BCUT2D eigenvalue weighted by atomic mass is 9.84. The summed E-state index contributed by atoms with van der Waals surface area (Å²) in [5.74, 6) is -0.794. The second-order valence-electron chi connectivity index (χ2n) is 4.45. The summed E-state index contributed by atoms with van der Waals surface area (Å²) in [5, 5.41) is 0. The molecular formula is C14H17NO4. The molecule has 1 aliphatic heterocycles. The Kier molecular flexibility index (Phi) is 3.85. The summed E-state index contributed by atoms with van der Waals surface area (Å²) < 4.78 is 9.81. The molecule has 1 aliphatic rings. The van der Waals surface area contributed by atoms with Gasteiger partial charge in [0.1, 0.15) is 0 Å². The zero-order chi connectivity index (χ0) is 13.9. The maximum atomic E-state index is 12.6. The maximum absolute atomic E-state index is 12.6. The van der Waals surface area contributed by atoms with Gasteiger partial charge in [0.25, 0.3) is 0 Å². The van der Waals surface area contributed by atoms with Crippen molar-refractivity contribution in [3.63, 3.8) is 0 Å². The molecule has 0 aromatic heterocycles. The molecule has 1 amide bonds. The fourth-order valence-corrected chi connectivity index (χ4v) is 2.14. The summed E-state index contributed by atoms with van der Waals surface area (Å²) in [5.41, 5.74) is -0.411. The molecule has 1 saturated heterocycles. The number of rotatable bonds is 4. The van der Waals surface area contributed by atoms with Crippen molar-refractivity contribution < 1.29 is 19.1 Å². The van der Waals surface area contributed by atoms with E-state index in [1.807, 2.05) is 37.3 Å². The second-order valence-corrected chi connectivity index (χ2v) is 4.45. The molecule has 0 bridgehead atoms. The van der Waals surface area contributed by atoms with Crippen molar-refractivity contribution in [2.24, 2.45) is 5.41 Å². The molecule has 5 heteroatoms. The minimum Gasteiger partial charge on any atom is -0.468 e. The van der Waals surface area contributed by atoms with Crippen molar-refractivity contribution in [3.05, 3.63) is 30.3 Å². The van der Waals surface area contributed by atoms with Crippen molar-refractivity contribution in [1.82, 2.24) is 0 Å². The molecule has 2 rings (SSSR count). The van der Waals surface area contributed by atoms with Crippen molar-refractivity contribution in [1.29, 1.82) is 0 Å². The van der Waals surface area contributed by atoms with Crippen LogP contribution in [0.3, 0.4) is 0 Å². The van der Waals surface area contributed by atoms with Gasteiger partial charge in [-0.15, -0.1) is 0 Å². The molecule has 0 saturated carbocycles. The molecule has 1 heterocycles. The number of anilines is 1. The van der Waals surface area contributed by atoms with E-state index < -0.39 is 11.4 Å². The number of esters is 1. The zero-order valence-electron chi connectivity index (χ0n) is 11.1. The van der Waals surface area contributed by atoms with E-state index in [0.717, 1.165) is 5.69 Å². The Hall–Kier alpha value is -1.88. The number of nitrogens with zero attached hydrogens (tertiary/aromatic N) is 1. The normalized spacial score (nSPS) is 16.3. The zero-order valence-corrected chi connectivity index (χ0v) is 11.1. The van der Waals surface area contributed by atoms with E-state index in [0.29, 0.717) is 6.54 Å². The molecule has 0 aliphatic carbocycles. The van der Waals surface area contributed by atoms with E-state index in [1.54, 1.807) is 4.90 Å². The fourth-order valence-electron chi connectivity index (χ4n) is 2.14. The summed E-state index contributed by atoms with van der Waals surface area (Å²) in [6, 6.07) is 9.27. The Morgan fingerprint density at radius 2 is 1.95 bits per heavy atom. The molecule has 1 fully saturated rings. The van der Waals surface area contributed by atoms with Gasteiger partial charge in [-0.05, 0) is 19.1 Å². The number of methoxy groups -OCH3 is 1. The lowest BCUT2D eigenvalue weighted by Crippen LogP contribution is -2.60. The van der Waals surface area contributed by atoms with E-state index in [4.69, 9.17) is 9.47 Å². The van der Waals surface area contributed by atoms with Crippen LogP contribution in [-0.4, -0.2) is 38.7 Å². The quantitative estimate of drug-likeness (QED) is 0.605. The third-order valence-corrected chi connectivity index (χ3v) is 3.31. The van der Waals surface area contributed by atoms with E-state index in [-0.39, 0.29) is 19.1 Å². The van der Waals surface area contributed by atoms with Crippen LogP contribution < -0.4 is 4.90 Å². The number of amides is 1. The van der Waals surface area contributed by atoms with Gasteiger partial charge in [-0.2, -0.15) is 0 Å². The molecule has 1 aromatic rings. The highest BCUT2D eigenvalue weighted by molar-refractivity contribution is 6.11. The molecule has 0 N–H and O–H groups in total. The summed E-state index contributed by atoms with van der Waals surface area (Å²) in [4.78, 5) is 26.1. The fraction of sp³-hybridized carbons (Fsp3) is 0.429. The minimum absolute atomic E-state index is 0.0852. The molecular weight excluding hydrogens is 246 g/mol. The number of hydrogen-bond acceptors (Lipinski definition) is 4. The lowest BCUT2D eigenvalue weighted by molar-refractivity contribution is -0.186. The van der Waals surface area contributed by atoms with Gasteiger partial charge >= 0.3 is 5.97 Å². The molecule has 0 radical (unpaired) electrons. The first-order chi connectivity index (χ1) is 9.15. The maximum Gasteiger partial charge on any atom is 0.326 e. The topological polar surface area (TPSA) is 55.8 Å². The van der Waals surface area contributed by atoms with Gasteiger partial charge in [-0.25, -0.2) is 0 Å². The molecule has 1 aromatic carbocycles. The predicted octanol–water partition coefficient (Wildman–Crippen LogP) is 1.23. The van der Waals surface area contributed by atoms with E-state index in [9.17, 15) is 9.59 Å². The van der Waals surface area contributed by atoms with Gasteiger partial charge < -0.3 is 14.4 Å². The second kappa shape index (κ2) is 5.40. The predicted molar refractivity (Wildman–Crippen MR) is 69.7 cm³/mol. The standard InChI is InChI=1S/C14H17NO4/c1-3-15(11-7-5-4-6-8-11)12(16)14(9-19-10-14)13(17)18-2/h4-8H,3,9-10H2,1-2H3. The Morgan fingerprint density at radius 3 is 2.37 bits per heavy atom. The molecule has 102 valence electrons. The number of carbonyl (C=O) groups excluding carboxylic acids is 2. The molecule has 0 atom stereocenters. The van der Waals surface area contributed by atoms with Crippen molar-refractivity contribution in [2.75, 3.05) is 31.8 Å². The molecule has 0 spiro atoms. The molecule has 5 nitrogen and oxygen atoms in total. The number of benzene rings is 1. The van der Waals surface area contributed by atoms with Crippen LogP contribution in [0.5, 0.6) is 0 Å². The van der Waals surface area contributed by atoms with Crippen molar-refractivity contribution in [3.8, 4) is 0 Å². The van der Waals surface area contributed by atoms with Gasteiger partial charge in [-0.1, -0.05) is 18.2 Å². The first-order valence-electron chi connectivity index (χ1n) is 6.19. The largest absolute Gasteiger partial charge is 0.468 e. The van der Waals surface area contributed by atoms with Crippen LogP contribution in [0.25, 0.3) is 0 Å². The average molecular weight is 263 g/mol. The first-order valence-corrected chi connectivity index (χ1v) is 6.19. The first kappa shape index (κ1) is 13.5. The number of ether oxygens (including phenoxy) is 2. The monoisotopic (exact) mass is 263 g/mol.